The fraction of sp³-hybridized carbons (Fsp3) is 0.176. The van der Waals surface area contributed by atoms with Gasteiger partial charge in [0.25, 0.3) is 5.91 Å². The topological polar surface area (TPSA) is 51.2 Å². The predicted octanol–water partition coefficient (Wildman–Crippen LogP) is 4.34. The summed E-state index contributed by atoms with van der Waals surface area (Å²) in [6, 6.07) is 14.9. The van der Waals surface area contributed by atoms with Crippen LogP contribution in [0.25, 0.3) is 10.2 Å². The molecule has 0 saturated heterocycles. The van der Waals surface area contributed by atoms with Crippen molar-refractivity contribution in [3.05, 3.63) is 54.1 Å². The van der Waals surface area contributed by atoms with Crippen molar-refractivity contribution in [2.45, 2.75) is 13.3 Å². The molecule has 3 rings (SSSR count). The summed E-state index contributed by atoms with van der Waals surface area (Å²) in [6.45, 7) is 2.77. The number of benzene rings is 2. The molecular formula is C17H16N2O2S. The summed E-state index contributed by atoms with van der Waals surface area (Å²) in [6.07, 6.45) is 0.971. The Hall–Kier alpha value is -2.40. The summed E-state index contributed by atoms with van der Waals surface area (Å²) in [4.78, 5) is 16.6. The van der Waals surface area contributed by atoms with Gasteiger partial charge >= 0.3 is 0 Å². The minimum absolute atomic E-state index is 0.151. The molecule has 1 amide bonds. The van der Waals surface area contributed by atoms with E-state index < -0.39 is 0 Å². The Morgan fingerprint density at radius 1 is 1.23 bits per heavy atom. The van der Waals surface area contributed by atoms with Crippen LogP contribution in [0.2, 0.25) is 0 Å². The third kappa shape index (κ3) is 3.26. The molecule has 0 aliphatic heterocycles. The van der Waals surface area contributed by atoms with E-state index in [0.717, 1.165) is 22.4 Å². The number of amides is 1. The van der Waals surface area contributed by atoms with Crippen LogP contribution in [0, 0.1) is 0 Å². The van der Waals surface area contributed by atoms with E-state index in [1.165, 1.54) is 11.3 Å². The second kappa shape index (κ2) is 6.58. The Bertz CT molecular complexity index is 784. The molecule has 3 aromatic rings. The van der Waals surface area contributed by atoms with Crippen molar-refractivity contribution in [2.75, 3.05) is 11.9 Å². The van der Waals surface area contributed by atoms with Gasteiger partial charge in [0.15, 0.2) is 5.13 Å². The van der Waals surface area contributed by atoms with Crippen molar-refractivity contribution in [1.29, 1.82) is 0 Å². The zero-order chi connectivity index (χ0) is 15.4. The first-order valence-corrected chi connectivity index (χ1v) is 7.97. The van der Waals surface area contributed by atoms with E-state index in [4.69, 9.17) is 4.74 Å². The highest BCUT2D eigenvalue weighted by molar-refractivity contribution is 7.22. The van der Waals surface area contributed by atoms with E-state index in [-0.39, 0.29) is 5.91 Å². The molecule has 0 radical (unpaired) electrons. The molecule has 112 valence electrons. The van der Waals surface area contributed by atoms with Crippen LogP contribution in [0.1, 0.15) is 23.7 Å². The number of fused-ring (bicyclic) bond motifs is 1. The Labute approximate surface area is 132 Å². The number of carbonyl (C=O) groups is 1. The minimum Gasteiger partial charge on any atom is -0.494 e. The molecule has 1 N–H and O–H groups in total. The smallest absolute Gasteiger partial charge is 0.257 e. The summed E-state index contributed by atoms with van der Waals surface area (Å²) < 4.78 is 6.61. The van der Waals surface area contributed by atoms with Crippen LogP contribution in [0.15, 0.2) is 48.5 Å². The number of thiazole rings is 1. The van der Waals surface area contributed by atoms with Crippen molar-refractivity contribution in [3.63, 3.8) is 0 Å². The number of carbonyl (C=O) groups excluding carboxylic acids is 1. The summed E-state index contributed by atoms with van der Waals surface area (Å²) in [5.41, 5.74) is 1.48. The van der Waals surface area contributed by atoms with Gasteiger partial charge in [-0.1, -0.05) is 36.5 Å². The van der Waals surface area contributed by atoms with Gasteiger partial charge in [-0.15, -0.1) is 0 Å². The highest BCUT2D eigenvalue weighted by Gasteiger charge is 2.10. The normalized spacial score (nSPS) is 10.6. The standard InChI is InChI=1S/C17H16N2O2S/c1-2-10-21-13-8-9-14-15(11-13)22-17(18-14)19-16(20)12-6-4-3-5-7-12/h3-9,11H,2,10H2,1H3,(H,18,19,20). The maximum Gasteiger partial charge on any atom is 0.257 e. The van der Waals surface area contributed by atoms with Crippen molar-refractivity contribution in [2.24, 2.45) is 0 Å². The molecule has 0 bridgehead atoms. The third-order valence-electron chi connectivity index (χ3n) is 3.09. The van der Waals surface area contributed by atoms with Gasteiger partial charge in [-0.3, -0.25) is 10.1 Å². The zero-order valence-corrected chi connectivity index (χ0v) is 13.0. The van der Waals surface area contributed by atoms with E-state index >= 15 is 0 Å². The van der Waals surface area contributed by atoms with E-state index in [1.54, 1.807) is 12.1 Å². The highest BCUT2D eigenvalue weighted by Crippen LogP contribution is 2.29. The summed E-state index contributed by atoms with van der Waals surface area (Å²) >= 11 is 1.44. The van der Waals surface area contributed by atoms with Crippen molar-refractivity contribution >= 4 is 32.6 Å². The predicted molar refractivity (Wildman–Crippen MR) is 89.8 cm³/mol. The third-order valence-corrected chi connectivity index (χ3v) is 4.02. The lowest BCUT2D eigenvalue weighted by atomic mass is 10.2. The Kier molecular flexibility index (Phi) is 4.34. The second-order valence-corrected chi connectivity index (χ2v) is 5.85. The molecular weight excluding hydrogens is 296 g/mol. The van der Waals surface area contributed by atoms with Gasteiger partial charge < -0.3 is 4.74 Å². The van der Waals surface area contributed by atoms with Gasteiger partial charge in [0.1, 0.15) is 5.75 Å². The minimum atomic E-state index is -0.151. The molecule has 4 nitrogen and oxygen atoms in total. The average molecular weight is 312 g/mol. The van der Waals surface area contributed by atoms with E-state index in [0.29, 0.717) is 17.3 Å². The first-order valence-electron chi connectivity index (χ1n) is 7.16. The summed E-state index contributed by atoms with van der Waals surface area (Å²) in [5, 5.41) is 3.43. The number of hydrogen-bond donors (Lipinski definition) is 1. The van der Waals surface area contributed by atoms with Crippen molar-refractivity contribution in [1.82, 2.24) is 4.98 Å². The van der Waals surface area contributed by atoms with Crippen LogP contribution in [0.3, 0.4) is 0 Å². The Morgan fingerprint density at radius 2 is 2.05 bits per heavy atom. The van der Waals surface area contributed by atoms with Crippen LogP contribution in [0.4, 0.5) is 5.13 Å². The lowest BCUT2D eigenvalue weighted by Gasteiger charge is -2.02. The lowest BCUT2D eigenvalue weighted by molar-refractivity contribution is 0.102. The largest absolute Gasteiger partial charge is 0.494 e. The van der Waals surface area contributed by atoms with Crippen LogP contribution < -0.4 is 10.1 Å². The number of hydrogen-bond acceptors (Lipinski definition) is 4. The molecule has 5 heteroatoms. The van der Waals surface area contributed by atoms with Crippen LogP contribution >= 0.6 is 11.3 Å². The molecule has 0 spiro atoms. The highest BCUT2D eigenvalue weighted by atomic mass is 32.1. The molecule has 1 aromatic heterocycles. The molecule has 2 aromatic carbocycles. The second-order valence-electron chi connectivity index (χ2n) is 4.82. The van der Waals surface area contributed by atoms with Gasteiger partial charge in [-0.05, 0) is 36.8 Å². The average Bonchev–Trinajstić information content (AvgIpc) is 2.95. The maximum absolute atomic E-state index is 12.1. The molecule has 1 heterocycles. The number of anilines is 1. The van der Waals surface area contributed by atoms with E-state index in [9.17, 15) is 4.79 Å². The number of aromatic nitrogens is 1. The first kappa shape index (κ1) is 14.5. The van der Waals surface area contributed by atoms with Gasteiger partial charge in [0.05, 0.1) is 16.8 Å². The van der Waals surface area contributed by atoms with Gasteiger partial charge in [-0.25, -0.2) is 4.98 Å². The van der Waals surface area contributed by atoms with Crippen LogP contribution in [-0.2, 0) is 0 Å². The molecule has 0 fully saturated rings. The van der Waals surface area contributed by atoms with Crippen molar-refractivity contribution < 1.29 is 9.53 Å². The van der Waals surface area contributed by atoms with Crippen LogP contribution in [0.5, 0.6) is 5.75 Å². The quantitative estimate of drug-likeness (QED) is 0.762. The molecule has 22 heavy (non-hydrogen) atoms. The molecule has 0 unspecified atom stereocenters. The lowest BCUT2D eigenvalue weighted by Crippen LogP contribution is -2.11. The molecule has 0 saturated carbocycles. The van der Waals surface area contributed by atoms with E-state index in [2.05, 4.69) is 17.2 Å². The van der Waals surface area contributed by atoms with Gasteiger partial charge in [0.2, 0.25) is 0 Å². The number of rotatable bonds is 5. The summed E-state index contributed by atoms with van der Waals surface area (Å²) in [7, 11) is 0. The molecule has 0 aliphatic carbocycles. The zero-order valence-electron chi connectivity index (χ0n) is 12.2. The summed E-state index contributed by atoms with van der Waals surface area (Å²) in [5.74, 6) is 0.682. The number of nitrogens with zero attached hydrogens (tertiary/aromatic N) is 1. The van der Waals surface area contributed by atoms with E-state index in [1.807, 2.05) is 36.4 Å². The first-order chi connectivity index (χ1) is 10.8. The molecule has 0 atom stereocenters. The SMILES string of the molecule is CCCOc1ccc2nc(NC(=O)c3ccccc3)sc2c1. The Balaban J connectivity index is 1.78. The van der Waals surface area contributed by atoms with Crippen molar-refractivity contribution in [3.8, 4) is 5.75 Å². The van der Waals surface area contributed by atoms with Gasteiger partial charge in [0, 0.05) is 5.56 Å². The fourth-order valence-electron chi connectivity index (χ4n) is 2.03. The number of ether oxygens (including phenoxy) is 1. The fourth-order valence-corrected chi connectivity index (χ4v) is 2.92. The Morgan fingerprint density at radius 3 is 2.82 bits per heavy atom. The molecule has 0 aliphatic rings. The maximum atomic E-state index is 12.1. The number of nitrogens with one attached hydrogen (secondary N) is 1. The monoisotopic (exact) mass is 312 g/mol. The van der Waals surface area contributed by atoms with Crippen LogP contribution in [-0.4, -0.2) is 17.5 Å². The van der Waals surface area contributed by atoms with Gasteiger partial charge in [-0.2, -0.15) is 0 Å².